The summed E-state index contributed by atoms with van der Waals surface area (Å²) in [6, 6.07) is 0. The van der Waals surface area contributed by atoms with Gasteiger partial charge in [0.05, 0.1) is 0 Å². The molecule has 0 saturated carbocycles. The van der Waals surface area contributed by atoms with Crippen molar-refractivity contribution in [1.82, 2.24) is 5.32 Å². The second-order valence-electron chi connectivity index (χ2n) is 2.38. The van der Waals surface area contributed by atoms with Crippen molar-refractivity contribution < 1.29 is 9.59 Å². The van der Waals surface area contributed by atoms with Crippen LogP contribution in [0.3, 0.4) is 0 Å². The molecule has 1 fully saturated rings. The highest BCUT2D eigenvalue weighted by molar-refractivity contribution is 8.15. The lowest BCUT2D eigenvalue weighted by atomic mass is 10.1. The quantitative estimate of drug-likeness (QED) is 0.696. The van der Waals surface area contributed by atoms with Crippen LogP contribution in [0.4, 0.5) is 4.79 Å². The van der Waals surface area contributed by atoms with Gasteiger partial charge in [-0.25, -0.2) is 0 Å². The molecule has 0 aliphatic carbocycles. The van der Waals surface area contributed by atoms with Gasteiger partial charge in [0, 0.05) is 0 Å². The van der Waals surface area contributed by atoms with Gasteiger partial charge in [0.2, 0.25) is 5.91 Å². The molecule has 68 valence electrons. The van der Waals surface area contributed by atoms with E-state index >= 15 is 0 Å². The Morgan fingerprint density at radius 2 is 2.15 bits per heavy atom. The molecular weight excluding hydrogens is 186 g/mol. The molecular formula is C9H9NO2S. The summed E-state index contributed by atoms with van der Waals surface area (Å²) in [4.78, 5) is 22.0. The van der Waals surface area contributed by atoms with Crippen LogP contribution in [0.2, 0.25) is 0 Å². The Balaban J connectivity index is 2.87. The Morgan fingerprint density at radius 1 is 1.46 bits per heavy atom. The number of imide groups is 1. The first-order valence-electron chi connectivity index (χ1n) is 3.65. The Bertz CT molecular complexity index is 307. The molecule has 1 aliphatic heterocycles. The van der Waals surface area contributed by atoms with Crippen molar-refractivity contribution in [3.05, 3.63) is 37.0 Å². The van der Waals surface area contributed by atoms with Crippen LogP contribution in [0.25, 0.3) is 0 Å². The molecule has 2 amide bonds. The predicted molar refractivity (Wildman–Crippen MR) is 53.4 cm³/mol. The van der Waals surface area contributed by atoms with E-state index in [1.54, 1.807) is 18.2 Å². The Hall–Kier alpha value is -1.29. The van der Waals surface area contributed by atoms with Crippen LogP contribution in [-0.4, -0.2) is 16.4 Å². The van der Waals surface area contributed by atoms with Gasteiger partial charge >= 0.3 is 0 Å². The van der Waals surface area contributed by atoms with Crippen LogP contribution < -0.4 is 5.32 Å². The fraction of sp³-hybridized carbons (Fsp3) is 0.111. The number of hydrogen-bond acceptors (Lipinski definition) is 3. The Labute approximate surface area is 80.6 Å². The van der Waals surface area contributed by atoms with E-state index in [4.69, 9.17) is 0 Å². The van der Waals surface area contributed by atoms with E-state index in [0.717, 1.165) is 11.8 Å². The van der Waals surface area contributed by atoms with Crippen LogP contribution in [0, 0.1) is 0 Å². The minimum atomic E-state index is -0.469. The topological polar surface area (TPSA) is 46.2 Å². The highest BCUT2D eigenvalue weighted by atomic mass is 32.2. The SMILES string of the molecule is C=C/C=C(\C=C)C1SC(=O)NC1=O. The van der Waals surface area contributed by atoms with Crippen molar-refractivity contribution in [3.63, 3.8) is 0 Å². The monoisotopic (exact) mass is 195 g/mol. The van der Waals surface area contributed by atoms with Crippen LogP contribution in [0.5, 0.6) is 0 Å². The van der Waals surface area contributed by atoms with E-state index in [-0.39, 0.29) is 11.1 Å². The fourth-order valence-corrected chi connectivity index (χ4v) is 1.82. The number of hydrogen-bond donors (Lipinski definition) is 1. The molecule has 3 nitrogen and oxygen atoms in total. The first kappa shape index (κ1) is 9.80. The van der Waals surface area contributed by atoms with Gasteiger partial charge in [0.1, 0.15) is 5.25 Å². The van der Waals surface area contributed by atoms with Crippen molar-refractivity contribution in [2.75, 3.05) is 0 Å². The summed E-state index contributed by atoms with van der Waals surface area (Å²) < 4.78 is 0. The standard InChI is InChI=1S/C9H9NO2S/c1-3-5-6(4-2)7-8(11)10-9(12)13-7/h3-5,7H,1-2H2,(H,10,11,12)/b6-5+. The smallest absolute Gasteiger partial charge is 0.286 e. The summed E-state index contributed by atoms with van der Waals surface area (Å²) in [6.45, 7) is 7.08. The van der Waals surface area contributed by atoms with Gasteiger partial charge in [0.25, 0.3) is 5.24 Å². The molecule has 1 unspecified atom stereocenters. The van der Waals surface area contributed by atoms with Crippen molar-refractivity contribution in [1.29, 1.82) is 0 Å². The maximum absolute atomic E-state index is 11.2. The normalized spacial score (nSPS) is 22.8. The average molecular weight is 195 g/mol. The molecule has 1 heterocycles. The number of carbonyl (C=O) groups is 2. The molecule has 1 saturated heterocycles. The third kappa shape index (κ3) is 2.09. The molecule has 0 spiro atoms. The zero-order chi connectivity index (χ0) is 9.84. The molecule has 1 atom stereocenters. The second kappa shape index (κ2) is 4.09. The van der Waals surface area contributed by atoms with E-state index < -0.39 is 5.25 Å². The van der Waals surface area contributed by atoms with E-state index in [2.05, 4.69) is 18.5 Å². The summed E-state index contributed by atoms with van der Waals surface area (Å²) in [5.41, 5.74) is 0.698. The molecule has 0 aromatic carbocycles. The Kier molecular flexibility index (Phi) is 3.08. The number of amides is 2. The van der Waals surface area contributed by atoms with E-state index in [1.807, 2.05) is 0 Å². The van der Waals surface area contributed by atoms with Crippen LogP contribution in [0.1, 0.15) is 0 Å². The third-order valence-corrected chi connectivity index (χ3v) is 2.58. The maximum Gasteiger partial charge on any atom is 0.286 e. The molecule has 0 aromatic rings. The molecule has 1 rings (SSSR count). The van der Waals surface area contributed by atoms with Crippen LogP contribution in [0.15, 0.2) is 37.0 Å². The van der Waals surface area contributed by atoms with Gasteiger partial charge in [-0.2, -0.15) is 0 Å². The minimum Gasteiger partial charge on any atom is -0.286 e. The zero-order valence-electron chi connectivity index (χ0n) is 6.95. The van der Waals surface area contributed by atoms with Gasteiger partial charge in [0.15, 0.2) is 0 Å². The molecule has 1 N–H and O–H groups in total. The van der Waals surface area contributed by atoms with Crippen LogP contribution >= 0.6 is 11.8 Å². The number of carbonyl (C=O) groups excluding carboxylic acids is 2. The largest absolute Gasteiger partial charge is 0.286 e. The van der Waals surface area contributed by atoms with Crippen molar-refractivity contribution >= 4 is 22.9 Å². The minimum absolute atomic E-state index is 0.289. The first-order chi connectivity index (χ1) is 6.19. The van der Waals surface area contributed by atoms with Gasteiger partial charge in [-0.15, -0.1) is 0 Å². The van der Waals surface area contributed by atoms with Crippen molar-refractivity contribution in [2.24, 2.45) is 0 Å². The van der Waals surface area contributed by atoms with E-state index in [9.17, 15) is 9.59 Å². The number of thioether (sulfide) groups is 1. The van der Waals surface area contributed by atoms with Gasteiger partial charge in [-0.1, -0.05) is 31.4 Å². The zero-order valence-corrected chi connectivity index (χ0v) is 7.76. The summed E-state index contributed by atoms with van der Waals surface area (Å²) in [5.74, 6) is -0.289. The fourth-order valence-electron chi connectivity index (χ4n) is 0.974. The van der Waals surface area contributed by atoms with Crippen LogP contribution in [-0.2, 0) is 4.79 Å². The number of allylic oxidation sites excluding steroid dienone is 3. The van der Waals surface area contributed by atoms with Gasteiger partial charge in [-0.05, 0) is 17.3 Å². The van der Waals surface area contributed by atoms with Gasteiger partial charge in [-0.3, -0.25) is 14.9 Å². The lowest BCUT2D eigenvalue weighted by Gasteiger charge is -2.03. The first-order valence-corrected chi connectivity index (χ1v) is 4.53. The molecule has 0 bridgehead atoms. The van der Waals surface area contributed by atoms with Crippen molar-refractivity contribution in [2.45, 2.75) is 5.25 Å². The lowest BCUT2D eigenvalue weighted by molar-refractivity contribution is -0.118. The summed E-state index contributed by atoms with van der Waals surface area (Å²) in [6.07, 6.45) is 4.79. The molecule has 0 aromatic heterocycles. The molecule has 1 aliphatic rings. The van der Waals surface area contributed by atoms with E-state index in [1.165, 1.54) is 0 Å². The van der Waals surface area contributed by atoms with Crippen molar-refractivity contribution in [3.8, 4) is 0 Å². The third-order valence-electron chi connectivity index (χ3n) is 1.54. The average Bonchev–Trinajstić information content (AvgIpc) is 2.41. The maximum atomic E-state index is 11.2. The molecule has 0 radical (unpaired) electrons. The molecule has 4 heteroatoms. The predicted octanol–water partition coefficient (Wildman–Crippen LogP) is 1.64. The highest BCUT2D eigenvalue weighted by Gasteiger charge is 2.32. The second-order valence-corrected chi connectivity index (χ2v) is 3.46. The highest BCUT2D eigenvalue weighted by Crippen LogP contribution is 2.26. The summed E-state index contributed by atoms with van der Waals surface area (Å²) >= 11 is 0.959. The number of rotatable bonds is 3. The lowest BCUT2D eigenvalue weighted by Crippen LogP contribution is -2.24. The van der Waals surface area contributed by atoms with Gasteiger partial charge < -0.3 is 0 Å². The summed E-state index contributed by atoms with van der Waals surface area (Å²) in [7, 11) is 0. The van der Waals surface area contributed by atoms with E-state index in [0.29, 0.717) is 5.57 Å². The molecule has 13 heavy (non-hydrogen) atoms. The summed E-state index contributed by atoms with van der Waals surface area (Å²) in [5, 5.41) is 1.42. The Morgan fingerprint density at radius 3 is 2.54 bits per heavy atom. The number of nitrogens with one attached hydrogen (secondary N) is 1.